The summed E-state index contributed by atoms with van der Waals surface area (Å²) in [6, 6.07) is 16.6. The van der Waals surface area contributed by atoms with Crippen molar-refractivity contribution >= 4 is 9.24 Å². The summed E-state index contributed by atoms with van der Waals surface area (Å²) in [5, 5.41) is 0. The molecule has 158 valence electrons. The van der Waals surface area contributed by atoms with Gasteiger partial charge in [-0.15, -0.1) is 9.24 Å². The molecule has 0 fully saturated rings. The first-order valence-electron chi connectivity index (χ1n) is 9.77. The average Bonchev–Trinajstić information content (AvgIpc) is 2.73. The molecule has 6 heteroatoms. The van der Waals surface area contributed by atoms with E-state index in [-0.39, 0.29) is 11.3 Å². The highest BCUT2D eigenvalue weighted by atomic mass is 31.0. The zero-order valence-corrected chi connectivity index (χ0v) is 17.5. The van der Waals surface area contributed by atoms with Gasteiger partial charge in [-0.2, -0.15) is 0 Å². The molecule has 1 nitrogen and oxygen atoms in total. The minimum atomic E-state index is -2.70. The lowest BCUT2D eigenvalue weighted by atomic mass is 9.98. The summed E-state index contributed by atoms with van der Waals surface area (Å²) >= 11 is 0. The summed E-state index contributed by atoms with van der Waals surface area (Å²) in [7, 11) is 2.73. The molecule has 0 spiro atoms. The second-order valence-electron chi connectivity index (χ2n) is 6.98. The van der Waals surface area contributed by atoms with E-state index in [2.05, 4.69) is 21.4 Å². The van der Waals surface area contributed by atoms with Crippen LogP contribution in [0.4, 0.5) is 17.6 Å². The number of halogens is 4. The molecule has 0 aromatic heterocycles. The van der Waals surface area contributed by atoms with E-state index >= 15 is 0 Å². The molecule has 3 rings (SSSR count). The lowest BCUT2D eigenvalue weighted by Gasteiger charge is -2.10. The molecule has 0 N–H and O–H groups in total. The van der Waals surface area contributed by atoms with E-state index in [0.29, 0.717) is 5.56 Å². The Labute approximate surface area is 176 Å². The van der Waals surface area contributed by atoms with Crippen molar-refractivity contribution in [3.63, 3.8) is 0 Å². The molecule has 0 aliphatic carbocycles. The quantitative estimate of drug-likeness (QED) is 0.198. The second-order valence-corrected chi connectivity index (χ2v) is 7.56. The Kier molecular flexibility index (Phi) is 7.87. The van der Waals surface area contributed by atoms with Gasteiger partial charge in [-0.05, 0) is 65.9 Å². The van der Waals surface area contributed by atoms with Crippen LogP contribution in [-0.4, -0.2) is 19.2 Å². The van der Waals surface area contributed by atoms with E-state index < -0.39 is 24.7 Å². The van der Waals surface area contributed by atoms with Crippen LogP contribution < -0.4 is 4.74 Å². The van der Waals surface area contributed by atoms with Crippen molar-refractivity contribution in [2.75, 3.05) is 12.8 Å². The molecule has 3 aromatic carbocycles. The Hall–Kier alpha value is -2.39. The summed E-state index contributed by atoms with van der Waals surface area (Å²) in [5.74, 6) is -1.58. The van der Waals surface area contributed by atoms with Crippen molar-refractivity contribution in [3.05, 3.63) is 77.9 Å². The van der Waals surface area contributed by atoms with Crippen LogP contribution in [0.15, 0.2) is 60.7 Å². The van der Waals surface area contributed by atoms with Crippen LogP contribution >= 0.6 is 9.24 Å². The van der Waals surface area contributed by atoms with Gasteiger partial charge in [-0.25, -0.2) is 17.6 Å². The number of aryl methyl sites for hydroxylation is 1. The maximum Gasteiger partial charge on any atom is 0.272 e. The number of rotatable bonds is 9. The van der Waals surface area contributed by atoms with Crippen LogP contribution in [0.25, 0.3) is 22.3 Å². The number of unbranched alkanes of at least 4 members (excludes halogenated alkanes) is 1. The monoisotopic (exact) mass is 434 g/mol. The van der Waals surface area contributed by atoms with Crippen molar-refractivity contribution < 1.29 is 22.3 Å². The molecule has 0 bridgehead atoms. The first kappa shape index (κ1) is 22.3. The zero-order valence-electron chi connectivity index (χ0n) is 16.4. The van der Waals surface area contributed by atoms with Gasteiger partial charge in [0.15, 0.2) is 11.6 Å². The van der Waals surface area contributed by atoms with Gasteiger partial charge >= 0.3 is 0 Å². The summed E-state index contributed by atoms with van der Waals surface area (Å²) in [5.41, 5.74) is 3.42. The molecule has 30 heavy (non-hydrogen) atoms. The Bertz CT molecular complexity index is 973. The van der Waals surface area contributed by atoms with Gasteiger partial charge in [0.25, 0.3) is 6.43 Å². The summed E-state index contributed by atoms with van der Waals surface area (Å²) in [6.07, 6.45) is 1.72. The van der Waals surface area contributed by atoms with E-state index in [9.17, 15) is 17.6 Å². The lowest BCUT2D eigenvalue weighted by Crippen LogP contribution is -2.08. The maximum absolute atomic E-state index is 14.7. The molecule has 1 unspecified atom stereocenters. The SMILES string of the molecule is Fc1cc(-c2ccc(-c3ccc(CCCCP)cc3)cc2F)ccc1OCC(F)F. The lowest BCUT2D eigenvalue weighted by molar-refractivity contribution is 0.0799. The molecular formula is C24H23F4OP. The molecule has 0 saturated carbocycles. The highest BCUT2D eigenvalue weighted by Gasteiger charge is 2.12. The van der Waals surface area contributed by atoms with Gasteiger partial charge < -0.3 is 4.74 Å². The Balaban J connectivity index is 1.76. The largest absolute Gasteiger partial charge is 0.485 e. The number of hydrogen-bond acceptors (Lipinski definition) is 1. The molecule has 1 atom stereocenters. The van der Waals surface area contributed by atoms with E-state index in [1.54, 1.807) is 12.1 Å². The van der Waals surface area contributed by atoms with E-state index in [0.717, 1.165) is 36.2 Å². The van der Waals surface area contributed by atoms with Gasteiger partial charge in [0.05, 0.1) is 0 Å². The van der Waals surface area contributed by atoms with Crippen LogP contribution in [0.2, 0.25) is 0 Å². The minimum Gasteiger partial charge on any atom is -0.485 e. The smallest absolute Gasteiger partial charge is 0.272 e. The second kappa shape index (κ2) is 10.6. The summed E-state index contributed by atoms with van der Waals surface area (Å²) < 4.78 is 58.0. The Morgan fingerprint density at radius 3 is 2.07 bits per heavy atom. The first-order valence-corrected chi connectivity index (χ1v) is 10.6. The fourth-order valence-electron chi connectivity index (χ4n) is 3.20. The summed E-state index contributed by atoms with van der Waals surface area (Å²) in [4.78, 5) is 0. The molecule has 0 aliphatic rings. The van der Waals surface area contributed by atoms with Crippen LogP contribution in [0.3, 0.4) is 0 Å². The maximum atomic E-state index is 14.7. The molecular weight excluding hydrogens is 411 g/mol. The van der Waals surface area contributed by atoms with E-state index in [1.807, 2.05) is 12.1 Å². The predicted molar refractivity (Wildman–Crippen MR) is 116 cm³/mol. The van der Waals surface area contributed by atoms with E-state index in [1.165, 1.54) is 30.2 Å². The van der Waals surface area contributed by atoms with Gasteiger partial charge in [0.2, 0.25) is 0 Å². The van der Waals surface area contributed by atoms with Crippen molar-refractivity contribution in [3.8, 4) is 28.0 Å². The van der Waals surface area contributed by atoms with E-state index in [4.69, 9.17) is 4.74 Å². The third-order valence-corrected chi connectivity index (χ3v) is 5.19. The van der Waals surface area contributed by atoms with Crippen LogP contribution in [0, 0.1) is 11.6 Å². The molecule has 0 saturated heterocycles. The number of alkyl halides is 2. The van der Waals surface area contributed by atoms with Gasteiger partial charge in [-0.3, -0.25) is 0 Å². The topological polar surface area (TPSA) is 9.23 Å². The Morgan fingerprint density at radius 2 is 1.43 bits per heavy atom. The molecule has 3 aromatic rings. The van der Waals surface area contributed by atoms with Crippen molar-refractivity contribution in [1.82, 2.24) is 0 Å². The predicted octanol–water partition coefficient (Wildman–Crippen LogP) is 7.14. The number of benzene rings is 3. The number of hydrogen-bond donors (Lipinski definition) is 0. The fraction of sp³-hybridized carbons (Fsp3) is 0.250. The molecule has 0 radical (unpaired) electrons. The standard InChI is InChI=1S/C24H23F4OP/c25-21-13-18(17-6-4-16(5-7-17)3-1-2-12-30)8-10-20(21)19-9-11-23(22(26)14-19)29-15-24(27)28/h4-11,13-14,24H,1-3,12,15,30H2. The third-order valence-electron chi connectivity index (χ3n) is 4.78. The normalized spacial score (nSPS) is 11.1. The van der Waals surface area contributed by atoms with Gasteiger partial charge in [-0.1, -0.05) is 42.5 Å². The molecule has 0 amide bonds. The fourth-order valence-corrected chi connectivity index (χ4v) is 3.49. The zero-order chi connectivity index (χ0) is 21.5. The van der Waals surface area contributed by atoms with Gasteiger partial charge in [0, 0.05) is 5.56 Å². The average molecular weight is 434 g/mol. The minimum absolute atomic E-state index is 0.229. The molecule has 0 aliphatic heterocycles. The highest BCUT2D eigenvalue weighted by molar-refractivity contribution is 7.16. The van der Waals surface area contributed by atoms with Crippen molar-refractivity contribution in [2.45, 2.75) is 25.7 Å². The third kappa shape index (κ3) is 5.82. The first-order chi connectivity index (χ1) is 14.5. The van der Waals surface area contributed by atoms with Crippen LogP contribution in [0.5, 0.6) is 5.75 Å². The molecule has 0 heterocycles. The van der Waals surface area contributed by atoms with Crippen LogP contribution in [-0.2, 0) is 6.42 Å². The van der Waals surface area contributed by atoms with Crippen molar-refractivity contribution in [2.24, 2.45) is 0 Å². The van der Waals surface area contributed by atoms with Gasteiger partial charge in [0.1, 0.15) is 12.4 Å². The van der Waals surface area contributed by atoms with Crippen LogP contribution in [0.1, 0.15) is 18.4 Å². The Morgan fingerprint density at radius 1 is 0.767 bits per heavy atom. The number of ether oxygens (including phenoxy) is 1. The summed E-state index contributed by atoms with van der Waals surface area (Å²) in [6.45, 7) is -0.893. The van der Waals surface area contributed by atoms with Crippen molar-refractivity contribution in [1.29, 1.82) is 0 Å². The highest BCUT2D eigenvalue weighted by Crippen LogP contribution is 2.31.